The molecule has 18 heavy (non-hydrogen) atoms. The summed E-state index contributed by atoms with van der Waals surface area (Å²) >= 11 is 0. The molecule has 0 aliphatic carbocycles. The summed E-state index contributed by atoms with van der Waals surface area (Å²) in [5, 5.41) is 10.1. The summed E-state index contributed by atoms with van der Waals surface area (Å²) in [4.78, 5) is 12.1. The van der Waals surface area contributed by atoms with Crippen molar-refractivity contribution in [2.24, 2.45) is 0 Å². The lowest BCUT2D eigenvalue weighted by atomic mass is 9.94. The van der Waals surface area contributed by atoms with Crippen LogP contribution in [-0.2, 0) is 0 Å². The number of aliphatic hydroxyl groups excluding tert-OH is 1. The number of para-hydroxylation sites is 1. The molecule has 0 saturated carbocycles. The molecule has 2 aromatic carbocycles. The van der Waals surface area contributed by atoms with Crippen molar-refractivity contribution in [3.63, 3.8) is 0 Å². The Hall–Kier alpha value is -2.13. The van der Waals surface area contributed by atoms with Gasteiger partial charge in [0.25, 0.3) is 0 Å². The number of carbonyl (C=O) groups excluding carboxylic acids is 1. The summed E-state index contributed by atoms with van der Waals surface area (Å²) in [7, 11) is 0. The molecule has 3 nitrogen and oxygen atoms in total. The van der Waals surface area contributed by atoms with Crippen LogP contribution in [0, 0.1) is 0 Å². The van der Waals surface area contributed by atoms with E-state index in [1.165, 1.54) is 0 Å². The summed E-state index contributed by atoms with van der Waals surface area (Å²) in [5.41, 5.74) is 1.24. The van der Waals surface area contributed by atoms with Crippen molar-refractivity contribution >= 4 is 5.78 Å². The summed E-state index contributed by atoms with van der Waals surface area (Å²) in [6.07, 6.45) is -1.78. The number of Topliss-reactive ketones (excluding diaryl/α,β-unsaturated/α-hetero) is 1. The normalized spacial score (nSPS) is 22.2. The highest BCUT2D eigenvalue weighted by Gasteiger charge is 2.36. The summed E-state index contributed by atoms with van der Waals surface area (Å²) in [6, 6.07) is 16.3. The number of hydrogen-bond donors (Lipinski definition) is 1. The molecule has 3 heteroatoms. The first-order valence-corrected chi connectivity index (χ1v) is 5.80. The lowest BCUT2D eigenvalue weighted by Crippen LogP contribution is -2.36. The molecule has 3 rings (SSSR count). The fraction of sp³-hybridized carbons (Fsp3) is 0.133. The topological polar surface area (TPSA) is 46.5 Å². The second-order valence-electron chi connectivity index (χ2n) is 4.25. The minimum absolute atomic E-state index is 0.286. The SMILES string of the molecule is O=C1c2ccccc2OC(c2ccccc2)C1O. The maximum Gasteiger partial charge on any atom is 0.199 e. The molecule has 0 bridgehead atoms. The first-order valence-electron chi connectivity index (χ1n) is 5.80. The van der Waals surface area contributed by atoms with E-state index < -0.39 is 12.2 Å². The van der Waals surface area contributed by atoms with Gasteiger partial charge in [0, 0.05) is 0 Å². The van der Waals surface area contributed by atoms with E-state index in [-0.39, 0.29) is 5.78 Å². The third kappa shape index (κ3) is 1.69. The standard InChI is InChI=1S/C15H12O3/c16-13-11-8-4-5-9-12(11)18-15(14(13)17)10-6-2-1-3-7-10/h1-9,14-15,17H. The van der Waals surface area contributed by atoms with Gasteiger partial charge in [0.1, 0.15) is 5.75 Å². The molecule has 2 aromatic rings. The van der Waals surface area contributed by atoms with Crippen molar-refractivity contribution in [2.75, 3.05) is 0 Å². The van der Waals surface area contributed by atoms with Gasteiger partial charge in [0.15, 0.2) is 18.0 Å². The Morgan fingerprint density at radius 1 is 0.944 bits per heavy atom. The van der Waals surface area contributed by atoms with Gasteiger partial charge in [-0.05, 0) is 17.7 Å². The van der Waals surface area contributed by atoms with Crippen LogP contribution < -0.4 is 4.74 Å². The zero-order valence-corrected chi connectivity index (χ0v) is 9.61. The van der Waals surface area contributed by atoms with Crippen molar-refractivity contribution in [2.45, 2.75) is 12.2 Å². The van der Waals surface area contributed by atoms with Gasteiger partial charge in [-0.25, -0.2) is 0 Å². The Balaban J connectivity index is 2.04. The van der Waals surface area contributed by atoms with Crippen molar-refractivity contribution in [3.05, 3.63) is 65.7 Å². The van der Waals surface area contributed by atoms with Gasteiger partial charge in [-0.3, -0.25) is 4.79 Å². The summed E-state index contributed by atoms with van der Waals surface area (Å²) in [5.74, 6) is 0.243. The number of rotatable bonds is 1. The summed E-state index contributed by atoms with van der Waals surface area (Å²) in [6.45, 7) is 0. The maximum absolute atomic E-state index is 12.1. The molecular weight excluding hydrogens is 228 g/mol. The second-order valence-corrected chi connectivity index (χ2v) is 4.25. The van der Waals surface area contributed by atoms with Crippen LogP contribution in [0.4, 0.5) is 0 Å². The Morgan fingerprint density at radius 2 is 1.61 bits per heavy atom. The second kappa shape index (κ2) is 4.27. The smallest absolute Gasteiger partial charge is 0.199 e. The van der Waals surface area contributed by atoms with E-state index in [1.807, 2.05) is 36.4 Å². The average molecular weight is 240 g/mol. The van der Waals surface area contributed by atoms with Gasteiger partial charge in [0.05, 0.1) is 5.56 Å². The third-order valence-corrected chi connectivity index (χ3v) is 3.09. The molecular formula is C15H12O3. The van der Waals surface area contributed by atoms with Crippen LogP contribution in [0.1, 0.15) is 22.0 Å². The molecule has 0 fully saturated rings. The lowest BCUT2D eigenvalue weighted by molar-refractivity contribution is 0.0216. The molecule has 1 heterocycles. The number of ether oxygens (including phenoxy) is 1. The highest BCUT2D eigenvalue weighted by atomic mass is 16.5. The van der Waals surface area contributed by atoms with Gasteiger partial charge in [0.2, 0.25) is 0 Å². The first kappa shape index (κ1) is 11.0. The predicted octanol–water partition coefficient (Wildman–Crippen LogP) is 2.36. The predicted molar refractivity (Wildman–Crippen MR) is 66.6 cm³/mol. The molecule has 2 unspecified atom stereocenters. The Morgan fingerprint density at radius 3 is 2.39 bits per heavy atom. The van der Waals surface area contributed by atoms with Crippen LogP contribution in [0.2, 0.25) is 0 Å². The number of fused-ring (bicyclic) bond motifs is 1. The van der Waals surface area contributed by atoms with Crippen molar-refractivity contribution in [3.8, 4) is 5.75 Å². The van der Waals surface area contributed by atoms with Gasteiger partial charge in [-0.1, -0.05) is 42.5 Å². The van der Waals surface area contributed by atoms with E-state index in [4.69, 9.17) is 4.74 Å². The van der Waals surface area contributed by atoms with Crippen LogP contribution >= 0.6 is 0 Å². The summed E-state index contributed by atoms with van der Waals surface area (Å²) < 4.78 is 5.73. The molecule has 1 aliphatic rings. The largest absolute Gasteiger partial charge is 0.482 e. The van der Waals surface area contributed by atoms with Crippen LogP contribution in [0.5, 0.6) is 5.75 Å². The average Bonchev–Trinajstić information content (AvgIpc) is 2.44. The van der Waals surface area contributed by atoms with Crippen LogP contribution in [0.15, 0.2) is 54.6 Å². The fourth-order valence-electron chi connectivity index (χ4n) is 2.16. The number of benzene rings is 2. The maximum atomic E-state index is 12.1. The van der Waals surface area contributed by atoms with Crippen LogP contribution in [-0.4, -0.2) is 17.0 Å². The van der Waals surface area contributed by atoms with Crippen molar-refractivity contribution in [1.82, 2.24) is 0 Å². The highest BCUT2D eigenvalue weighted by molar-refractivity contribution is 6.03. The minimum Gasteiger partial charge on any atom is -0.482 e. The van der Waals surface area contributed by atoms with Crippen molar-refractivity contribution < 1.29 is 14.6 Å². The van der Waals surface area contributed by atoms with E-state index >= 15 is 0 Å². The molecule has 2 atom stereocenters. The molecule has 0 aromatic heterocycles. The number of hydrogen-bond acceptors (Lipinski definition) is 3. The molecule has 90 valence electrons. The van der Waals surface area contributed by atoms with E-state index in [1.54, 1.807) is 18.2 Å². The van der Waals surface area contributed by atoms with E-state index in [0.717, 1.165) is 5.56 Å². The number of aliphatic hydroxyl groups is 1. The van der Waals surface area contributed by atoms with E-state index in [2.05, 4.69) is 0 Å². The Labute approximate surface area is 105 Å². The molecule has 0 spiro atoms. The van der Waals surface area contributed by atoms with Gasteiger partial charge in [-0.2, -0.15) is 0 Å². The molecule has 1 N–H and O–H groups in total. The van der Waals surface area contributed by atoms with Crippen LogP contribution in [0.25, 0.3) is 0 Å². The van der Waals surface area contributed by atoms with Gasteiger partial charge in [-0.15, -0.1) is 0 Å². The minimum atomic E-state index is -1.15. The Kier molecular flexibility index (Phi) is 2.61. The van der Waals surface area contributed by atoms with E-state index in [9.17, 15) is 9.90 Å². The van der Waals surface area contributed by atoms with E-state index in [0.29, 0.717) is 11.3 Å². The van der Waals surface area contributed by atoms with Gasteiger partial charge < -0.3 is 9.84 Å². The fourth-order valence-corrected chi connectivity index (χ4v) is 2.16. The zero-order valence-electron chi connectivity index (χ0n) is 9.61. The molecule has 0 saturated heterocycles. The molecule has 0 amide bonds. The van der Waals surface area contributed by atoms with Crippen LogP contribution in [0.3, 0.4) is 0 Å². The monoisotopic (exact) mass is 240 g/mol. The third-order valence-electron chi connectivity index (χ3n) is 3.09. The quantitative estimate of drug-likeness (QED) is 0.832. The lowest BCUT2D eigenvalue weighted by Gasteiger charge is -2.29. The zero-order chi connectivity index (χ0) is 12.5. The Bertz CT molecular complexity index is 577. The molecule has 1 aliphatic heterocycles. The highest BCUT2D eigenvalue weighted by Crippen LogP contribution is 2.34. The first-order chi connectivity index (χ1) is 8.77. The number of carbonyl (C=O) groups is 1. The number of ketones is 1. The van der Waals surface area contributed by atoms with Gasteiger partial charge >= 0.3 is 0 Å². The molecule has 0 radical (unpaired) electrons. The van der Waals surface area contributed by atoms with Crippen molar-refractivity contribution in [1.29, 1.82) is 0 Å².